The van der Waals surface area contributed by atoms with Gasteiger partial charge in [-0.2, -0.15) is 0 Å². The van der Waals surface area contributed by atoms with Crippen molar-refractivity contribution >= 4 is 5.91 Å². The molecule has 0 saturated heterocycles. The van der Waals surface area contributed by atoms with E-state index in [1.807, 2.05) is 19.1 Å². The van der Waals surface area contributed by atoms with Crippen LogP contribution in [0.3, 0.4) is 0 Å². The van der Waals surface area contributed by atoms with Crippen LogP contribution in [0.25, 0.3) is 0 Å². The van der Waals surface area contributed by atoms with Gasteiger partial charge in [-0.25, -0.2) is 0 Å². The molecule has 19 heavy (non-hydrogen) atoms. The first kappa shape index (κ1) is 14.0. The van der Waals surface area contributed by atoms with E-state index in [4.69, 9.17) is 5.73 Å². The quantitative estimate of drug-likeness (QED) is 0.869. The van der Waals surface area contributed by atoms with Crippen LogP contribution in [0.1, 0.15) is 41.7 Å². The van der Waals surface area contributed by atoms with Crippen molar-refractivity contribution in [2.45, 2.75) is 32.6 Å². The molecule has 0 aliphatic heterocycles. The van der Waals surface area contributed by atoms with E-state index in [-0.39, 0.29) is 5.91 Å². The van der Waals surface area contributed by atoms with Crippen molar-refractivity contribution in [3.8, 4) is 0 Å². The Morgan fingerprint density at radius 3 is 2.84 bits per heavy atom. The van der Waals surface area contributed by atoms with E-state index in [0.717, 1.165) is 18.7 Å². The molecular formula is C15H23N3O. The van der Waals surface area contributed by atoms with Crippen LogP contribution in [-0.4, -0.2) is 24.0 Å². The number of aromatic nitrogens is 1. The van der Waals surface area contributed by atoms with Crippen molar-refractivity contribution in [1.82, 2.24) is 10.3 Å². The molecule has 1 amide bonds. The van der Waals surface area contributed by atoms with Gasteiger partial charge in [-0.05, 0) is 49.8 Å². The first-order valence-electron chi connectivity index (χ1n) is 7.12. The summed E-state index contributed by atoms with van der Waals surface area (Å²) in [5, 5.41) is 3.02. The van der Waals surface area contributed by atoms with Gasteiger partial charge in [-0.3, -0.25) is 9.78 Å². The van der Waals surface area contributed by atoms with E-state index < -0.39 is 0 Å². The third-order valence-electron chi connectivity index (χ3n) is 4.12. The molecule has 0 aromatic carbocycles. The Hall–Kier alpha value is -1.42. The predicted molar refractivity (Wildman–Crippen MR) is 75.8 cm³/mol. The first-order chi connectivity index (χ1) is 9.22. The molecule has 3 N–H and O–H groups in total. The Labute approximate surface area is 114 Å². The second-order valence-corrected chi connectivity index (χ2v) is 5.42. The lowest BCUT2D eigenvalue weighted by Gasteiger charge is -2.30. The van der Waals surface area contributed by atoms with Crippen LogP contribution in [0.2, 0.25) is 0 Å². The van der Waals surface area contributed by atoms with Gasteiger partial charge in [0.05, 0.1) is 0 Å². The number of hydrogen-bond acceptors (Lipinski definition) is 3. The minimum Gasteiger partial charge on any atom is -0.350 e. The predicted octanol–water partition coefficient (Wildman–Crippen LogP) is 1.88. The largest absolute Gasteiger partial charge is 0.350 e. The summed E-state index contributed by atoms with van der Waals surface area (Å²) in [4.78, 5) is 16.2. The molecule has 1 aromatic rings. The molecule has 2 atom stereocenters. The summed E-state index contributed by atoms with van der Waals surface area (Å²) in [5.74, 6) is 1.00. The molecule has 1 heterocycles. The van der Waals surface area contributed by atoms with E-state index in [0.29, 0.717) is 17.5 Å². The molecule has 1 aromatic heterocycles. The van der Waals surface area contributed by atoms with Crippen LogP contribution in [0.15, 0.2) is 18.3 Å². The minimum atomic E-state index is -0.0700. The number of carbonyl (C=O) groups excluding carboxylic acids is 1. The van der Waals surface area contributed by atoms with Gasteiger partial charge in [-0.15, -0.1) is 0 Å². The van der Waals surface area contributed by atoms with Crippen molar-refractivity contribution < 1.29 is 4.79 Å². The van der Waals surface area contributed by atoms with Gasteiger partial charge in [0.2, 0.25) is 0 Å². The number of pyridine rings is 1. The van der Waals surface area contributed by atoms with Gasteiger partial charge in [-0.1, -0.05) is 18.9 Å². The summed E-state index contributed by atoms with van der Waals surface area (Å²) < 4.78 is 0. The normalized spacial score (nSPS) is 23.1. The molecule has 0 spiro atoms. The fourth-order valence-corrected chi connectivity index (χ4v) is 2.89. The van der Waals surface area contributed by atoms with E-state index in [1.165, 1.54) is 25.7 Å². The fraction of sp³-hybridized carbons (Fsp3) is 0.600. The number of nitrogens with two attached hydrogens (primary N) is 1. The number of aryl methyl sites for hydroxylation is 1. The molecule has 1 saturated carbocycles. The van der Waals surface area contributed by atoms with E-state index in [9.17, 15) is 4.79 Å². The molecule has 0 radical (unpaired) electrons. The number of nitrogens with zero attached hydrogens (tertiary/aromatic N) is 1. The Kier molecular flexibility index (Phi) is 4.91. The van der Waals surface area contributed by atoms with Crippen molar-refractivity contribution in [3.05, 3.63) is 29.6 Å². The average Bonchev–Trinajstić information content (AvgIpc) is 2.45. The Morgan fingerprint density at radius 2 is 2.16 bits per heavy atom. The molecule has 1 aliphatic rings. The van der Waals surface area contributed by atoms with Crippen LogP contribution in [-0.2, 0) is 0 Å². The zero-order valence-electron chi connectivity index (χ0n) is 11.6. The highest BCUT2D eigenvalue weighted by molar-refractivity contribution is 5.93. The van der Waals surface area contributed by atoms with Crippen molar-refractivity contribution in [1.29, 1.82) is 0 Å². The first-order valence-corrected chi connectivity index (χ1v) is 7.12. The molecule has 0 bridgehead atoms. The van der Waals surface area contributed by atoms with E-state index in [1.54, 1.807) is 6.20 Å². The van der Waals surface area contributed by atoms with Gasteiger partial charge in [0.1, 0.15) is 5.69 Å². The van der Waals surface area contributed by atoms with Crippen LogP contribution in [0.4, 0.5) is 0 Å². The zero-order chi connectivity index (χ0) is 13.7. The smallest absolute Gasteiger partial charge is 0.270 e. The molecule has 4 nitrogen and oxygen atoms in total. The number of carbonyl (C=O) groups is 1. The van der Waals surface area contributed by atoms with Gasteiger partial charge in [0, 0.05) is 12.7 Å². The second kappa shape index (κ2) is 6.66. The molecular weight excluding hydrogens is 238 g/mol. The monoisotopic (exact) mass is 261 g/mol. The summed E-state index contributed by atoms with van der Waals surface area (Å²) in [6, 6.07) is 3.75. The lowest BCUT2D eigenvalue weighted by atomic mass is 9.79. The fourth-order valence-electron chi connectivity index (χ4n) is 2.89. The number of amides is 1. The molecule has 1 fully saturated rings. The van der Waals surface area contributed by atoms with Crippen LogP contribution in [0.5, 0.6) is 0 Å². The maximum absolute atomic E-state index is 12.1. The highest BCUT2D eigenvalue weighted by atomic mass is 16.1. The van der Waals surface area contributed by atoms with Gasteiger partial charge >= 0.3 is 0 Å². The summed E-state index contributed by atoms with van der Waals surface area (Å²) in [7, 11) is 0. The molecule has 104 valence electrons. The van der Waals surface area contributed by atoms with E-state index in [2.05, 4.69) is 10.3 Å². The zero-order valence-corrected chi connectivity index (χ0v) is 11.6. The summed E-state index contributed by atoms with van der Waals surface area (Å²) >= 11 is 0. The maximum atomic E-state index is 12.1. The van der Waals surface area contributed by atoms with Crippen molar-refractivity contribution in [2.24, 2.45) is 17.6 Å². The Morgan fingerprint density at radius 1 is 1.42 bits per heavy atom. The Balaban J connectivity index is 1.91. The molecule has 4 heteroatoms. The minimum absolute atomic E-state index is 0.0700. The maximum Gasteiger partial charge on any atom is 0.270 e. The molecule has 2 unspecified atom stereocenters. The number of hydrogen-bond donors (Lipinski definition) is 2. The summed E-state index contributed by atoms with van der Waals surface area (Å²) in [6.07, 6.45) is 6.54. The third-order valence-corrected chi connectivity index (χ3v) is 4.12. The van der Waals surface area contributed by atoms with Gasteiger partial charge < -0.3 is 11.1 Å². The third kappa shape index (κ3) is 3.53. The average molecular weight is 261 g/mol. The second-order valence-electron chi connectivity index (χ2n) is 5.42. The lowest BCUT2D eigenvalue weighted by molar-refractivity contribution is 0.0929. The number of rotatable bonds is 4. The van der Waals surface area contributed by atoms with Crippen LogP contribution in [0, 0.1) is 18.8 Å². The lowest BCUT2D eigenvalue weighted by Crippen LogP contribution is -2.37. The van der Waals surface area contributed by atoms with Crippen LogP contribution >= 0.6 is 0 Å². The summed E-state index contributed by atoms with van der Waals surface area (Å²) in [5.41, 5.74) is 7.26. The summed E-state index contributed by atoms with van der Waals surface area (Å²) in [6.45, 7) is 3.35. The van der Waals surface area contributed by atoms with Gasteiger partial charge in [0.25, 0.3) is 5.91 Å². The Bertz CT molecular complexity index is 433. The molecule has 2 rings (SSSR count). The van der Waals surface area contributed by atoms with E-state index >= 15 is 0 Å². The topological polar surface area (TPSA) is 68.0 Å². The van der Waals surface area contributed by atoms with Crippen molar-refractivity contribution in [2.75, 3.05) is 13.1 Å². The molecule has 1 aliphatic carbocycles. The van der Waals surface area contributed by atoms with Crippen molar-refractivity contribution in [3.63, 3.8) is 0 Å². The van der Waals surface area contributed by atoms with Crippen LogP contribution < -0.4 is 11.1 Å². The standard InChI is InChI=1S/C15H23N3O/c1-11-5-4-8-17-14(11)15(19)18-10-13-7-3-2-6-12(13)9-16/h4-5,8,12-13H,2-3,6-7,9-10,16H2,1H3,(H,18,19). The highest BCUT2D eigenvalue weighted by Crippen LogP contribution is 2.28. The number of nitrogens with one attached hydrogen (secondary N) is 1. The van der Waals surface area contributed by atoms with Gasteiger partial charge in [0.15, 0.2) is 0 Å². The SMILES string of the molecule is Cc1cccnc1C(=O)NCC1CCCCC1CN. The highest BCUT2D eigenvalue weighted by Gasteiger charge is 2.24.